The van der Waals surface area contributed by atoms with Gasteiger partial charge in [-0.15, -0.1) is 0 Å². The zero-order chi connectivity index (χ0) is 25.8. The van der Waals surface area contributed by atoms with E-state index in [2.05, 4.69) is 25.4 Å². The van der Waals surface area contributed by atoms with Gasteiger partial charge < -0.3 is 25.0 Å². The van der Waals surface area contributed by atoms with E-state index in [4.69, 9.17) is 9.47 Å². The fraction of sp³-hybridized carbons (Fsp3) is 0.536. The summed E-state index contributed by atoms with van der Waals surface area (Å²) in [6.45, 7) is 6.69. The number of anilines is 1. The molecular weight excluding hydrogens is 470 g/mol. The van der Waals surface area contributed by atoms with Crippen LogP contribution < -0.4 is 20.3 Å². The van der Waals surface area contributed by atoms with Gasteiger partial charge in [0.15, 0.2) is 0 Å². The molecule has 5 rings (SSSR count). The summed E-state index contributed by atoms with van der Waals surface area (Å²) in [5.41, 5.74) is 2.10. The van der Waals surface area contributed by atoms with Gasteiger partial charge in [0.05, 0.1) is 25.9 Å². The Morgan fingerprint density at radius 3 is 2.51 bits per heavy atom. The van der Waals surface area contributed by atoms with Crippen molar-refractivity contribution in [2.45, 2.75) is 50.7 Å². The number of hydrogen-bond donors (Lipinski definition) is 2. The molecule has 3 aliphatic rings. The second-order valence-electron chi connectivity index (χ2n) is 10.2. The van der Waals surface area contributed by atoms with Gasteiger partial charge in [0.2, 0.25) is 0 Å². The minimum Gasteiger partial charge on any atom is -0.496 e. The molecule has 3 fully saturated rings. The van der Waals surface area contributed by atoms with Crippen molar-refractivity contribution in [3.05, 3.63) is 53.2 Å². The lowest BCUT2D eigenvalue weighted by molar-refractivity contribution is 0.0383. The summed E-state index contributed by atoms with van der Waals surface area (Å²) in [6.07, 6.45) is 5.62. The van der Waals surface area contributed by atoms with Crippen molar-refractivity contribution in [2.24, 2.45) is 0 Å². The average Bonchev–Trinajstić information content (AvgIpc) is 3.19. The van der Waals surface area contributed by atoms with E-state index in [1.165, 1.54) is 0 Å². The van der Waals surface area contributed by atoms with Crippen molar-refractivity contribution in [1.82, 2.24) is 20.5 Å². The standard InChI is InChI=1S/C28H37N5O4/c1-19-24(4-3-5-25(19)36-2)28(35)31-21-16-22-7-8-23(17-21)33(22)26-9-6-20(18-30-26)27(34)29-10-11-32-12-14-37-15-13-32/h3-6,9,18,21-23H,7-8,10-17H2,1-2H3,(H,29,34)(H,31,35)/t21?,22-,23+. The van der Waals surface area contributed by atoms with Crippen LogP contribution in [0.4, 0.5) is 5.82 Å². The van der Waals surface area contributed by atoms with Crippen LogP contribution in [0.5, 0.6) is 5.75 Å². The van der Waals surface area contributed by atoms with Gasteiger partial charge in [-0.25, -0.2) is 4.98 Å². The molecule has 3 saturated heterocycles. The first-order chi connectivity index (χ1) is 18.0. The Hall–Kier alpha value is -3.17. The number of carbonyl (C=O) groups is 2. The Morgan fingerprint density at radius 2 is 1.84 bits per heavy atom. The summed E-state index contributed by atoms with van der Waals surface area (Å²) in [5, 5.41) is 6.26. The van der Waals surface area contributed by atoms with E-state index in [1.807, 2.05) is 37.3 Å². The first-order valence-corrected chi connectivity index (χ1v) is 13.3. The number of benzene rings is 1. The summed E-state index contributed by atoms with van der Waals surface area (Å²) in [6, 6.07) is 10.2. The van der Waals surface area contributed by atoms with Crippen LogP contribution in [0.1, 0.15) is 52.0 Å². The lowest BCUT2D eigenvalue weighted by Crippen LogP contribution is -2.50. The van der Waals surface area contributed by atoms with Gasteiger partial charge in [-0.05, 0) is 56.9 Å². The summed E-state index contributed by atoms with van der Waals surface area (Å²) in [4.78, 5) is 34.9. The lowest BCUT2D eigenvalue weighted by atomic mass is 9.96. The summed E-state index contributed by atoms with van der Waals surface area (Å²) < 4.78 is 10.7. The Morgan fingerprint density at radius 1 is 1.08 bits per heavy atom. The Kier molecular flexibility index (Phi) is 7.90. The highest BCUT2D eigenvalue weighted by Crippen LogP contribution is 2.38. The number of fused-ring (bicyclic) bond motifs is 2. The van der Waals surface area contributed by atoms with Crippen molar-refractivity contribution in [1.29, 1.82) is 0 Å². The average molecular weight is 508 g/mol. The van der Waals surface area contributed by atoms with Crippen LogP contribution in [-0.4, -0.2) is 86.3 Å². The molecule has 1 unspecified atom stereocenters. The predicted molar refractivity (Wildman–Crippen MR) is 141 cm³/mol. The molecule has 3 atom stereocenters. The van der Waals surface area contributed by atoms with Crippen molar-refractivity contribution in [3.8, 4) is 5.75 Å². The highest BCUT2D eigenvalue weighted by Gasteiger charge is 2.42. The summed E-state index contributed by atoms with van der Waals surface area (Å²) in [5.74, 6) is 1.49. The maximum Gasteiger partial charge on any atom is 0.252 e. The van der Waals surface area contributed by atoms with E-state index in [1.54, 1.807) is 13.3 Å². The number of piperidine rings is 1. The van der Waals surface area contributed by atoms with E-state index in [0.717, 1.165) is 75.7 Å². The molecule has 0 aliphatic carbocycles. The van der Waals surface area contributed by atoms with Crippen LogP contribution >= 0.6 is 0 Å². The number of carbonyl (C=O) groups excluding carboxylic acids is 2. The molecule has 4 heterocycles. The van der Waals surface area contributed by atoms with Crippen molar-refractivity contribution in [3.63, 3.8) is 0 Å². The van der Waals surface area contributed by atoms with Gasteiger partial charge >= 0.3 is 0 Å². The SMILES string of the molecule is COc1cccc(C(=O)NC2C[C@H]3CC[C@@H](C2)N3c2ccc(C(=O)NCCN3CCOCC3)cn2)c1C. The van der Waals surface area contributed by atoms with Gasteiger partial charge in [0, 0.05) is 61.6 Å². The topological polar surface area (TPSA) is 96.0 Å². The number of nitrogens with one attached hydrogen (secondary N) is 2. The van der Waals surface area contributed by atoms with Crippen molar-refractivity contribution < 1.29 is 19.1 Å². The molecule has 37 heavy (non-hydrogen) atoms. The van der Waals surface area contributed by atoms with Gasteiger partial charge in [-0.2, -0.15) is 0 Å². The van der Waals surface area contributed by atoms with E-state index < -0.39 is 0 Å². The van der Waals surface area contributed by atoms with Crippen LogP contribution in [0.25, 0.3) is 0 Å². The van der Waals surface area contributed by atoms with Gasteiger partial charge in [-0.3, -0.25) is 14.5 Å². The number of morpholine rings is 1. The highest BCUT2D eigenvalue weighted by molar-refractivity contribution is 5.96. The minimum atomic E-state index is -0.0930. The second kappa shape index (κ2) is 11.5. The molecule has 0 spiro atoms. The third-order valence-electron chi connectivity index (χ3n) is 7.91. The third kappa shape index (κ3) is 5.72. The van der Waals surface area contributed by atoms with Crippen LogP contribution in [0.2, 0.25) is 0 Å². The van der Waals surface area contributed by atoms with Crippen molar-refractivity contribution >= 4 is 17.6 Å². The van der Waals surface area contributed by atoms with E-state index in [-0.39, 0.29) is 17.9 Å². The zero-order valence-corrected chi connectivity index (χ0v) is 21.7. The summed E-state index contributed by atoms with van der Waals surface area (Å²) in [7, 11) is 1.62. The van der Waals surface area contributed by atoms with Gasteiger partial charge in [0.1, 0.15) is 11.6 Å². The number of pyridine rings is 1. The molecule has 2 bridgehead atoms. The molecule has 0 saturated carbocycles. The van der Waals surface area contributed by atoms with E-state index in [9.17, 15) is 9.59 Å². The molecule has 0 radical (unpaired) electrons. The monoisotopic (exact) mass is 507 g/mol. The molecule has 9 nitrogen and oxygen atoms in total. The van der Waals surface area contributed by atoms with E-state index in [0.29, 0.717) is 29.8 Å². The smallest absolute Gasteiger partial charge is 0.252 e. The second-order valence-corrected chi connectivity index (χ2v) is 10.2. The number of hydrogen-bond acceptors (Lipinski definition) is 7. The van der Waals surface area contributed by atoms with Crippen LogP contribution in [-0.2, 0) is 4.74 Å². The molecular formula is C28H37N5O4. The van der Waals surface area contributed by atoms with Crippen LogP contribution in [0.3, 0.4) is 0 Å². The normalized spacial score (nSPS) is 23.5. The number of aromatic nitrogens is 1. The summed E-state index contributed by atoms with van der Waals surface area (Å²) >= 11 is 0. The lowest BCUT2D eigenvalue weighted by Gasteiger charge is -2.40. The molecule has 198 valence electrons. The maximum atomic E-state index is 13.0. The number of methoxy groups -OCH3 is 1. The number of ether oxygens (including phenoxy) is 2. The molecule has 3 aliphatic heterocycles. The zero-order valence-electron chi connectivity index (χ0n) is 21.7. The largest absolute Gasteiger partial charge is 0.496 e. The first kappa shape index (κ1) is 25.5. The van der Waals surface area contributed by atoms with Gasteiger partial charge in [-0.1, -0.05) is 6.07 Å². The minimum absolute atomic E-state index is 0.0450. The Bertz CT molecular complexity index is 1090. The molecule has 2 aromatic rings. The molecule has 1 aromatic carbocycles. The van der Waals surface area contributed by atoms with E-state index >= 15 is 0 Å². The number of amides is 2. The Labute approximate surface area is 218 Å². The molecule has 2 N–H and O–H groups in total. The number of rotatable bonds is 8. The third-order valence-corrected chi connectivity index (χ3v) is 7.91. The van der Waals surface area contributed by atoms with Crippen molar-refractivity contribution in [2.75, 3.05) is 51.4 Å². The number of nitrogens with zero attached hydrogens (tertiary/aromatic N) is 3. The fourth-order valence-electron chi connectivity index (χ4n) is 5.94. The van der Waals surface area contributed by atoms with Crippen LogP contribution in [0.15, 0.2) is 36.5 Å². The molecule has 2 amide bonds. The molecule has 1 aromatic heterocycles. The van der Waals surface area contributed by atoms with Crippen LogP contribution in [0, 0.1) is 6.92 Å². The first-order valence-electron chi connectivity index (χ1n) is 13.3. The fourth-order valence-corrected chi connectivity index (χ4v) is 5.94. The van der Waals surface area contributed by atoms with Gasteiger partial charge in [0.25, 0.3) is 11.8 Å². The highest BCUT2D eigenvalue weighted by atomic mass is 16.5. The molecule has 9 heteroatoms. The predicted octanol–water partition coefficient (Wildman–Crippen LogP) is 2.39. The quantitative estimate of drug-likeness (QED) is 0.567. The maximum absolute atomic E-state index is 13.0. The Balaban J connectivity index is 1.15.